The lowest BCUT2D eigenvalue weighted by Crippen LogP contribution is -3.11. The Balaban J connectivity index is 1.82. The monoisotopic (exact) mass is 493 g/mol. The predicted molar refractivity (Wildman–Crippen MR) is 130 cm³/mol. The number of benzene rings is 1. The largest absolute Gasteiger partial charge is 0.365 e. The number of anilines is 1. The van der Waals surface area contributed by atoms with Crippen molar-refractivity contribution in [1.82, 2.24) is 4.31 Å². The topological polar surface area (TPSA) is 114 Å². The molecule has 1 atom stereocenters. The normalized spacial score (nSPS) is 15.9. The Morgan fingerprint density at radius 1 is 1.12 bits per heavy atom. The van der Waals surface area contributed by atoms with Crippen LogP contribution in [0.1, 0.15) is 64.8 Å². The fourth-order valence-corrected chi connectivity index (χ4v) is 7.08. The highest BCUT2D eigenvalue weighted by Crippen LogP contribution is 2.34. The summed E-state index contributed by atoms with van der Waals surface area (Å²) in [5, 5.41) is 3.29. The molecule has 1 aromatic carbocycles. The summed E-state index contributed by atoms with van der Waals surface area (Å²) in [7, 11) is -3.61. The van der Waals surface area contributed by atoms with Crippen molar-refractivity contribution < 1.29 is 22.9 Å². The third kappa shape index (κ3) is 5.46. The van der Waals surface area contributed by atoms with E-state index in [0.29, 0.717) is 29.2 Å². The van der Waals surface area contributed by atoms with Crippen LogP contribution in [0.3, 0.4) is 0 Å². The van der Waals surface area contributed by atoms with Crippen LogP contribution in [0.4, 0.5) is 5.00 Å². The number of carbonyl (C=O) groups is 2. The Morgan fingerprint density at radius 2 is 1.76 bits per heavy atom. The molecule has 0 aliphatic carbocycles. The molecule has 1 unspecified atom stereocenters. The van der Waals surface area contributed by atoms with Crippen molar-refractivity contribution in [3.8, 4) is 0 Å². The Hall–Kier alpha value is -2.27. The van der Waals surface area contributed by atoms with Gasteiger partial charge in [0.15, 0.2) is 0 Å². The summed E-state index contributed by atoms with van der Waals surface area (Å²) in [6.07, 6.45) is 2.20. The lowest BCUT2D eigenvalue weighted by Gasteiger charge is -2.22. The van der Waals surface area contributed by atoms with Gasteiger partial charge in [0.05, 0.1) is 28.4 Å². The first-order chi connectivity index (χ1) is 15.7. The van der Waals surface area contributed by atoms with Gasteiger partial charge in [0.25, 0.3) is 11.8 Å². The number of nitrogens with one attached hydrogen (secondary N) is 2. The van der Waals surface area contributed by atoms with E-state index in [9.17, 15) is 18.0 Å². The van der Waals surface area contributed by atoms with Crippen LogP contribution < -0.4 is 16.0 Å². The van der Waals surface area contributed by atoms with Crippen molar-refractivity contribution in [3.05, 3.63) is 45.8 Å². The molecule has 0 radical (unpaired) electrons. The Labute approximate surface area is 199 Å². The molecule has 0 saturated carbocycles. The molecule has 1 aliphatic rings. The predicted octanol–water partition coefficient (Wildman–Crippen LogP) is 1.87. The van der Waals surface area contributed by atoms with E-state index in [1.165, 1.54) is 44.8 Å². The molecule has 3 rings (SSSR count). The first kappa shape index (κ1) is 25.4. The smallest absolute Gasteiger partial charge is 0.256 e. The number of fused-ring (bicyclic) bond motifs is 1. The molecule has 2 amide bonds. The van der Waals surface area contributed by atoms with E-state index in [4.69, 9.17) is 5.73 Å². The van der Waals surface area contributed by atoms with E-state index in [1.807, 2.05) is 13.8 Å². The molecule has 4 N–H and O–H groups in total. The first-order valence-corrected chi connectivity index (χ1v) is 13.7. The zero-order valence-electron chi connectivity index (χ0n) is 19.4. The number of nitrogens with two attached hydrogens (primary N) is 1. The van der Waals surface area contributed by atoms with Gasteiger partial charge in [-0.2, -0.15) is 4.31 Å². The maximum atomic E-state index is 12.9. The number of amides is 2. The van der Waals surface area contributed by atoms with Crippen LogP contribution >= 0.6 is 11.3 Å². The molecule has 1 aromatic heterocycles. The molecule has 2 heterocycles. The van der Waals surface area contributed by atoms with Gasteiger partial charge in [0.1, 0.15) is 11.5 Å². The summed E-state index contributed by atoms with van der Waals surface area (Å²) in [6, 6.07) is 5.91. The minimum atomic E-state index is -3.61. The number of hydrogen-bond donors (Lipinski definition) is 3. The molecule has 0 saturated heterocycles. The average molecular weight is 494 g/mol. The standard InChI is InChI=1S/C23H32N4O4S2/c1-4-12-27(13-5-2)33(30,31)17-9-7-16(8-10-17)22(29)25-23-20(21(24)28)18-11-14-26(6-3)15-19(18)32-23/h7-10H,4-6,11-15H2,1-3H3,(H2,24,28)(H,25,29)/p+1. The van der Waals surface area contributed by atoms with Crippen LogP contribution in [-0.2, 0) is 23.0 Å². The highest BCUT2D eigenvalue weighted by Gasteiger charge is 2.29. The van der Waals surface area contributed by atoms with Gasteiger partial charge >= 0.3 is 0 Å². The van der Waals surface area contributed by atoms with E-state index in [-0.39, 0.29) is 4.90 Å². The maximum absolute atomic E-state index is 12.9. The Bertz CT molecular complexity index is 1100. The molecule has 0 fully saturated rings. The third-order valence-corrected chi connectivity index (χ3v) is 8.96. The number of sulfonamides is 1. The van der Waals surface area contributed by atoms with E-state index in [1.54, 1.807) is 0 Å². The maximum Gasteiger partial charge on any atom is 0.256 e. The zero-order valence-corrected chi connectivity index (χ0v) is 21.1. The number of rotatable bonds is 10. The lowest BCUT2D eigenvalue weighted by molar-refractivity contribution is -0.913. The van der Waals surface area contributed by atoms with Crippen molar-refractivity contribution in [1.29, 1.82) is 0 Å². The van der Waals surface area contributed by atoms with Crippen LogP contribution in [0.2, 0.25) is 0 Å². The summed E-state index contributed by atoms with van der Waals surface area (Å²) in [5.41, 5.74) is 7.30. The number of carbonyl (C=O) groups excluding carboxylic acids is 2. The molecule has 180 valence electrons. The second-order valence-corrected chi connectivity index (χ2v) is 11.3. The molecule has 2 aromatic rings. The summed E-state index contributed by atoms with van der Waals surface area (Å²) in [6.45, 7) is 9.64. The van der Waals surface area contributed by atoms with Gasteiger partial charge in [0, 0.05) is 25.1 Å². The quantitative estimate of drug-likeness (QED) is 0.469. The number of primary amides is 1. The first-order valence-electron chi connectivity index (χ1n) is 11.4. The lowest BCUT2D eigenvalue weighted by atomic mass is 10.0. The van der Waals surface area contributed by atoms with Gasteiger partial charge in [-0.15, -0.1) is 11.3 Å². The molecule has 1 aliphatic heterocycles. The van der Waals surface area contributed by atoms with Crippen molar-refractivity contribution >= 4 is 38.2 Å². The number of nitrogens with zero attached hydrogens (tertiary/aromatic N) is 1. The van der Waals surface area contributed by atoms with Crippen molar-refractivity contribution in [2.45, 2.75) is 51.5 Å². The van der Waals surface area contributed by atoms with Gasteiger partial charge in [-0.25, -0.2) is 8.42 Å². The van der Waals surface area contributed by atoms with Crippen molar-refractivity contribution in [2.24, 2.45) is 5.73 Å². The van der Waals surface area contributed by atoms with Gasteiger partial charge in [-0.3, -0.25) is 9.59 Å². The van der Waals surface area contributed by atoms with Gasteiger partial charge in [0.2, 0.25) is 10.0 Å². The third-order valence-electron chi connectivity index (χ3n) is 5.90. The summed E-state index contributed by atoms with van der Waals surface area (Å²) in [5.74, 6) is -0.949. The van der Waals surface area contributed by atoms with Crippen LogP contribution in [-0.4, -0.2) is 50.7 Å². The fraction of sp³-hybridized carbons (Fsp3) is 0.478. The van der Waals surface area contributed by atoms with E-state index in [2.05, 4.69) is 12.2 Å². The SMILES string of the molecule is CCCN(CCC)S(=O)(=O)c1ccc(C(=O)Nc2sc3c(c2C(N)=O)CC[NH+](CC)C3)cc1. The van der Waals surface area contributed by atoms with Gasteiger partial charge < -0.3 is 16.0 Å². The minimum absolute atomic E-state index is 0.160. The highest BCUT2D eigenvalue weighted by atomic mass is 32.2. The molecule has 33 heavy (non-hydrogen) atoms. The van der Waals surface area contributed by atoms with E-state index < -0.39 is 21.8 Å². The van der Waals surface area contributed by atoms with Gasteiger partial charge in [-0.1, -0.05) is 13.8 Å². The number of likely N-dealkylation sites (N-methyl/N-ethyl adjacent to an activating group) is 1. The van der Waals surface area contributed by atoms with E-state index in [0.717, 1.165) is 49.3 Å². The molecule has 0 bridgehead atoms. The summed E-state index contributed by atoms with van der Waals surface area (Å²) in [4.78, 5) is 27.7. The molecule has 8 nitrogen and oxygen atoms in total. The second-order valence-electron chi connectivity index (χ2n) is 8.24. The van der Waals surface area contributed by atoms with Crippen molar-refractivity contribution in [2.75, 3.05) is 31.5 Å². The van der Waals surface area contributed by atoms with E-state index >= 15 is 0 Å². The number of thiophene rings is 1. The molecule has 10 heteroatoms. The molecular formula is C23H33N4O4S2+. The Morgan fingerprint density at radius 3 is 2.30 bits per heavy atom. The van der Waals surface area contributed by atoms with Crippen LogP contribution in [0.15, 0.2) is 29.2 Å². The average Bonchev–Trinajstić information content (AvgIpc) is 3.16. The molecule has 0 spiro atoms. The Kier molecular flexibility index (Phi) is 8.28. The van der Waals surface area contributed by atoms with Crippen LogP contribution in [0.25, 0.3) is 0 Å². The second kappa shape index (κ2) is 10.8. The molecular weight excluding hydrogens is 460 g/mol. The minimum Gasteiger partial charge on any atom is -0.365 e. The zero-order chi connectivity index (χ0) is 24.2. The fourth-order valence-electron chi connectivity index (χ4n) is 4.14. The summed E-state index contributed by atoms with van der Waals surface area (Å²) >= 11 is 1.40. The van der Waals surface area contributed by atoms with Gasteiger partial charge in [-0.05, 0) is 49.6 Å². The van der Waals surface area contributed by atoms with Crippen LogP contribution in [0.5, 0.6) is 0 Å². The summed E-state index contributed by atoms with van der Waals surface area (Å²) < 4.78 is 27.4. The number of quaternary nitrogens is 1. The highest BCUT2D eigenvalue weighted by molar-refractivity contribution is 7.89. The van der Waals surface area contributed by atoms with Crippen molar-refractivity contribution in [3.63, 3.8) is 0 Å². The van der Waals surface area contributed by atoms with Crippen LogP contribution in [0, 0.1) is 0 Å². The number of hydrogen-bond acceptors (Lipinski definition) is 5.